The summed E-state index contributed by atoms with van der Waals surface area (Å²) in [6.45, 7) is 2.07. The molecule has 0 spiro atoms. The Morgan fingerprint density at radius 3 is 2.79 bits per heavy atom. The van der Waals surface area contributed by atoms with Crippen LogP contribution in [0.3, 0.4) is 0 Å². The zero-order chi connectivity index (χ0) is 23.5. The largest absolute Gasteiger partial charge is 0.478 e. The molecule has 9 heteroatoms. The first-order valence-electron chi connectivity index (χ1n) is 10.3. The summed E-state index contributed by atoms with van der Waals surface area (Å²) in [7, 11) is 0. The number of aromatic nitrogens is 2. The van der Waals surface area contributed by atoms with Gasteiger partial charge in [0.2, 0.25) is 0 Å². The van der Waals surface area contributed by atoms with E-state index in [0.717, 1.165) is 17.3 Å². The second kappa shape index (κ2) is 9.72. The Kier molecular flexibility index (Phi) is 6.76. The van der Waals surface area contributed by atoms with Crippen LogP contribution >= 0.6 is 27.5 Å². The van der Waals surface area contributed by atoms with Crippen molar-refractivity contribution < 1.29 is 14.3 Å². The number of nitrogens with zero attached hydrogens (tertiary/aromatic N) is 3. The van der Waals surface area contributed by atoms with Crippen LogP contribution in [0.4, 0.5) is 0 Å². The Morgan fingerprint density at radius 2 is 2.06 bits per heavy atom. The number of furan rings is 1. The molecule has 0 aliphatic carbocycles. The summed E-state index contributed by atoms with van der Waals surface area (Å²) >= 11 is 9.46. The number of carbonyl (C=O) groups is 1. The van der Waals surface area contributed by atoms with E-state index in [0.29, 0.717) is 40.2 Å². The lowest BCUT2D eigenvalue weighted by Crippen LogP contribution is -2.22. The molecule has 0 unspecified atom stereocenters. The van der Waals surface area contributed by atoms with Crippen LogP contribution in [-0.4, -0.2) is 27.0 Å². The number of aromatic carboxylic acids is 1. The summed E-state index contributed by atoms with van der Waals surface area (Å²) in [5.41, 5.74) is 1.01. The van der Waals surface area contributed by atoms with E-state index in [-0.39, 0.29) is 16.1 Å². The predicted molar refractivity (Wildman–Crippen MR) is 131 cm³/mol. The van der Waals surface area contributed by atoms with Crippen molar-refractivity contribution in [3.63, 3.8) is 0 Å². The van der Waals surface area contributed by atoms with Gasteiger partial charge >= 0.3 is 5.97 Å². The van der Waals surface area contributed by atoms with Gasteiger partial charge in [-0.15, -0.1) is 0 Å². The second-order valence-corrected chi connectivity index (χ2v) is 8.68. The maximum Gasteiger partial charge on any atom is 0.337 e. The Bertz CT molecular complexity index is 1440. The Labute approximate surface area is 202 Å². The Balaban J connectivity index is 1.69. The fourth-order valence-corrected chi connectivity index (χ4v) is 3.97. The maximum atomic E-state index is 13.1. The van der Waals surface area contributed by atoms with Crippen molar-refractivity contribution in [1.29, 1.82) is 0 Å². The van der Waals surface area contributed by atoms with E-state index in [4.69, 9.17) is 21.1 Å². The minimum Gasteiger partial charge on any atom is -0.478 e. The Hall–Kier alpha value is -3.23. The van der Waals surface area contributed by atoms with E-state index in [1.807, 2.05) is 12.1 Å². The van der Waals surface area contributed by atoms with Gasteiger partial charge in [-0.1, -0.05) is 46.9 Å². The molecular weight excluding hydrogens is 510 g/mol. The van der Waals surface area contributed by atoms with Crippen LogP contribution in [0.25, 0.3) is 22.2 Å². The summed E-state index contributed by atoms with van der Waals surface area (Å²) in [5.74, 6) is 0.399. The van der Waals surface area contributed by atoms with Gasteiger partial charge in [-0.25, -0.2) is 9.78 Å². The van der Waals surface area contributed by atoms with E-state index < -0.39 is 5.97 Å². The summed E-state index contributed by atoms with van der Waals surface area (Å²) in [5, 5.41) is 14.1. The molecule has 4 rings (SSSR count). The topological polar surface area (TPSA) is 97.7 Å². The van der Waals surface area contributed by atoms with Crippen LogP contribution in [-0.2, 0) is 6.42 Å². The number of fused-ring (bicyclic) bond motifs is 1. The standard InChI is InChI=1S/C24H19BrClN3O4/c1-2-3-4-22-28-20-9-6-15(25)12-18(20)23(30)29(22)27-13-16-7-10-21(33-16)14-5-8-17(24(31)32)19(26)11-14/h5-13H,2-4H2,1H3,(H,31,32). The van der Waals surface area contributed by atoms with E-state index in [1.54, 1.807) is 24.3 Å². The first-order valence-corrected chi connectivity index (χ1v) is 11.4. The van der Waals surface area contributed by atoms with E-state index in [2.05, 4.69) is 32.9 Å². The molecule has 0 atom stereocenters. The number of halogens is 2. The molecule has 0 amide bonds. The third kappa shape index (κ3) is 4.91. The predicted octanol–water partition coefficient (Wildman–Crippen LogP) is 6.00. The van der Waals surface area contributed by atoms with Gasteiger partial charge < -0.3 is 9.52 Å². The summed E-state index contributed by atoms with van der Waals surface area (Å²) in [4.78, 5) is 28.9. The number of carboxylic acid groups (broad SMARTS) is 1. The molecule has 0 saturated carbocycles. The fourth-order valence-electron chi connectivity index (χ4n) is 3.34. The van der Waals surface area contributed by atoms with Crippen molar-refractivity contribution >= 4 is 50.6 Å². The number of aryl methyl sites for hydroxylation is 1. The van der Waals surface area contributed by atoms with Crippen molar-refractivity contribution in [1.82, 2.24) is 9.66 Å². The smallest absolute Gasteiger partial charge is 0.337 e. The summed E-state index contributed by atoms with van der Waals surface area (Å²) < 4.78 is 7.91. The second-order valence-electron chi connectivity index (χ2n) is 7.36. The van der Waals surface area contributed by atoms with E-state index in [1.165, 1.54) is 23.0 Å². The van der Waals surface area contributed by atoms with Gasteiger partial charge in [-0.05, 0) is 48.9 Å². The van der Waals surface area contributed by atoms with Gasteiger partial charge in [0.15, 0.2) is 0 Å². The van der Waals surface area contributed by atoms with Crippen molar-refractivity contribution in [2.75, 3.05) is 0 Å². The molecule has 2 heterocycles. The highest BCUT2D eigenvalue weighted by atomic mass is 79.9. The molecule has 1 N–H and O–H groups in total. The molecule has 4 aromatic rings. The van der Waals surface area contributed by atoms with Crippen molar-refractivity contribution in [3.05, 3.63) is 85.5 Å². The highest BCUT2D eigenvalue weighted by molar-refractivity contribution is 9.10. The number of carboxylic acids is 1. The van der Waals surface area contributed by atoms with Gasteiger partial charge in [0.05, 0.1) is 27.7 Å². The van der Waals surface area contributed by atoms with E-state index >= 15 is 0 Å². The lowest BCUT2D eigenvalue weighted by atomic mass is 10.1. The highest BCUT2D eigenvalue weighted by Gasteiger charge is 2.13. The molecule has 2 aromatic heterocycles. The van der Waals surface area contributed by atoms with Crippen LogP contribution in [0.15, 0.2) is 67.3 Å². The summed E-state index contributed by atoms with van der Waals surface area (Å²) in [6, 6.07) is 13.4. The fraction of sp³-hybridized carbons (Fsp3) is 0.167. The average Bonchev–Trinajstić information content (AvgIpc) is 3.26. The first-order chi connectivity index (χ1) is 15.9. The monoisotopic (exact) mass is 527 g/mol. The highest BCUT2D eigenvalue weighted by Crippen LogP contribution is 2.27. The molecule has 0 fully saturated rings. The van der Waals surface area contributed by atoms with Crippen molar-refractivity contribution in [3.8, 4) is 11.3 Å². The average molecular weight is 529 g/mol. The number of rotatable bonds is 7. The lowest BCUT2D eigenvalue weighted by Gasteiger charge is -2.09. The minimum atomic E-state index is -1.10. The van der Waals surface area contributed by atoms with Gasteiger partial charge in [0.1, 0.15) is 17.3 Å². The maximum absolute atomic E-state index is 13.1. The van der Waals surface area contributed by atoms with Crippen LogP contribution < -0.4 is 5.56 Å². The Morgan fingerprint density at radius 1 is 1.24 bits per heavy atom. The van der Waals surface area contributed by atoms with Gasteiger partial charge in [0.25, 0.3) is 5.56 Å². The minimum absolute atomic E-state index is 0.0168. The van der Waals surface area contributed by atoms with Crippen LogP contribution in [0.1, 0.15) is 41.7 Å². The van der Waals surface area contributed by atoms with Crippen LogP contribution in [0, 0.1) is 0 Å². The SMILES string of the molecule is CCCCc1nc2ccc(Br)cc2c(=O)n1N=Cc1ccc(-c2ccc(C(=O)O)c(Cl)c2)o1. The molecule has 168 valence electrons. The zero-order valence-corrected chi connectivity index (χ0v) is 19.9. The van der Waals surface area contributed by atoms with Gasteiger partial charge in [0, 0.05) is 16.5 Å². The lowest BCUT2D eigenvalue weighted by molar-refractivity contribution is 0.0697. The molecule has 0 aliphatic heterocycles. The third-order valence-corrected chi connectivity index (χ3v) is 5.85. The zero-order valence-electron chi connectivity index (χ0n) is 17.6. The van der Waals surface area contributed by atoms with E-state index in [9.17, 15) is 9.59 Å². The van der Waals surface area contributed by atoms with Gasteiger partial charge in [-0.3, -0.25) is 4.79 Å². The molecule has 7 nitrogen and oxygen atoms in total. The van der Waals surface area contributed by atoms with Crippen molar-refractivity contribution in [2.24, 2.45) is 5.10 Å². The number of hydrogen-bond acceptors (Lipinski definition) is 5. The molecular formula is C24H19BrClN3O4. The molecule has 0 bridgehead atoms. The third-order valence-electron chi connectivity index (χ3n) is 5.04. The van der Waals surface area contributed by atoms with Gasteiger partial charge in [-0.2, -0.15) is 9.78 Å². The quantitative estimate of drug-likeness (QED) is 0.297. The molecule has 0 aliphatic rings. The van der Waals surface area contributed by atoms with Crippen LogP contribution in [0.5, 0.6) is 0 Å². The molecule has 0 radical (unpaired) electrons. The van der Waals surface area contributed by atoms with Crippen LogP contribution in [0.2, 0.25) is 5.02 Å². The van der Waals surface area contributed by atoms with Crippen molar-refractivity contribution in [2.45, 2.75) is 26.2 Å². The number of unbranched alkanes of at least 4 members (excludes halogenated alkanes) is 1. The number of hydrogen-bond donors (Lipinski definition) is 1. The normalized spacial score (nSPS) is 11.5. The summed E-state index contributed by atoms with van der Waals surface area (Å²) in [6.07, 6.45) is 3.91. The number of benzene rings is 2. The molecule has 33 heavy (non-hydrogen) atoms. The molecule has 2 aromatic carbocycles. The first kappa shape index (κ1) is 22.9. The molecule has 0 saturated heterocycles.